The first-order valence-corrected chi connectivity index (χ1v) is 11.1. The molecule has 1 N–H and O–H groups in total. The van der Waals surface area contributed by atoms with Gasteiger partial charge < -0.3 is 19.7 Å². The highest BCUT2D eigenvalue weighted by atomic mass is 19.1. The molecule has 4 aromatic rings. The highest BCUT2D eigenvalue weighted by molar-refractivity contribution is 5.98. The van der Waals surface area contributed by atoms with Crippen LogP contribution in [0.5, 0.6) is 11.5 Å². The molecule has 2 heterocycles. The third-order valence-electron chi connectivity index (χ3n) is 5.63. The molecule has 1 aliphatic rings. The molecule has 0 spiro atoms. The molecule has 0 bridgehead atoms. The zero-order valence-corrected chi connectivity index (χ0v) is 19.1. The molecule has 0 unspecified atom stereocenters. The Kier molecular flexibility index (Phi) is 6.26. The first-order chi connectivity index (χ1) is 17.1. The highest BCUT2D eigenvalue weighted by Gasteiger charge is 2.20. The number of hydrogen-bond acceptors (Lipinski definition) is 6. The normalized spacial score (nSPS) is 11.8. The van der Waals surface area contributed by atoms with Crippen molar-refractivity contribution >= 4 is 11.7 Å². The Morgan fingerprint density at radius 1 is 1.00 bits per heavy atom. The van der Waals surface area contributed by atoms with Crippen LogP contribution in [0.25, 0.3) is 11.4 Å². The van der Waals surface area contributed by atoms with Crippen LogP contribution in [-0.2, 0) is 13.1 Å². The van der Waals surface area contributed by atoms with Gasteiger partial charge in [-0.05, 0) is 47.5 Å². The summed E-state index contributed by atoms with van der Waals surface area (Å²) in [7, 11) is 1.87. The van der Waals surface area contributed by atoms with E-state index in [-0.39, 0.29) is 18.5 Å². The zero-order chi connectivity index (χ0) is 24.2. The van der Waals surface area contributed by atoms with Gasteiger partial charge in [-0.1, -0.05) is 36.4 Å². The first-order valence-electron chi connectivity index (χ1n) is 11.1. The predicted octanol–water partition coefficient (Wildman–Crippen LogP) is 4.58. The van der Waals surface area contributed by atoms with E-state index in [4.69, 9.17) is 9.47 Å². The van der Waals surface area contributed by atoms with Crippen LogP contribution in [0.4, 0.5) is 10.2 Å². The molecule has 7 nitrogen and oxygen atoms in total. The smallest absolute Gasteiger partial charge is 0.256 e. The molecule has 1 amide bonds. The topological polar surface area (TPSA) is 76.6 Å². The van der Waals surface area contributed by atoms with E-state index >= 15 is 0 Å². The number of amides is 1. The zero-order valence-electron chi connectivity index (χ0n) is 19.1. The third-order valence-corrected chi connectivity index (χ3v) is 5.63. The largest absolute Gasteiger partial charge is 0.454 e. The van der Waals surface area contributed by atoms with E-state index in [2.05, 4.69) is 15.3 Å². The lowest BCUT2D eigenvalue weighted by molar-refractivity contribution is 0.0950. The van der Waals surface area contributed by atoms with Crippen molar-refractivity contribution in [3.8, 4) is 22.9 Å². The number of anilines is 1. The van der Waals surface area contributed by atoms with Gasteiger partial charge in [-0.15, -0.1) is 0 Å². The summed E-state index contributed by atoms with van der Waals surface area (Å²) in [5.41, 5.74) is 2.96. The lowest BCUT2D eigenvalue weighted by atomic mass is 10.1. The van der Waals surface area contributed by atoms with E-state index in [9.17, 15) is 9.18 Å². The summed E-state index contributed by atoms with van der Waals surface area (Å²) in [6.45, 7) is 1.04. The summed E-state index contributed by atoms with van der Waals surface area (Å²) in [6, 6.07) is 21.4. The molecule has 0 fully saturated rings. The van der Waals surface area contributed by atoms with Gasteiger partial charge in [0.2, 0.25) is 6.79 Å². The Hall–Kier alpha value is -4.46. The average molecular weight is 471 g/mol. The van der Waals surface area contributed by atoms with E-state index < -0.39 is 0 Å². The number of fused-ring (bicyclic) bond motifs is 1. The van der Waals surface area contributed by atoms with E-state index in [0.29, 0.717) is 47.4 Å². The second kappa shape index (κ2) is 9.80. The van der Waals surface area contributed by atoms with Crippen molar-refractivity contribution in [3.05, 3.63) is 102 Å². The molecule has 0 atom stereocenters. The maximum Gasteiger partial charge on any atom is 0.256 e. The molecule has 5 rings (SSSR count). The van der Waals surface area contributed by atoms with Crippen LogP contribution in [0.2, 0.25) is 0 Å². The maximum atomic E-state index is 13.4. The molecule has 3 aromatic carbocycles. The van der Waals surface area contributed by atoms with Gasteiger partial charge in [0.15, 0.2) is 17.3 Å². The van der Waals surface area contributed by atoms with Crippen LogP contribution in [0.15, 0.2) is 79.0 Å². The number of benzene rings is 3. The fourth-order valence-electron chi connectivity index (χ4n) is 3.82. The summed E-state index contributed by atoms with van der Waals surface area (Å²) in [5, 5.41) is 2.94. The number of carbonyl (C=O) groups excluding carboxylic acids is 1. The van der Waals surface area contributed by atoms with Gasteiger partial charge in [0.25, 0.3) is 5.91 Å². The minimum absolute atomic E-state index is 0.194. The van der Waals surface area contributed by atoms with Gasteiger partial charge in [0.1, 0.15) is 17.2 Å². The van der Waals surface area contributed by atoms with E-state index in [1.165, 1.54) is 18.3 Å². The number of ether oxygens (including phenoxy) is 2. The monoisotopic (exact) mass is 470 g/mol. The number of rotatable bonds is 7. The Bertz CT molecular complexity index is 1350. The molecular weight excluding hydrogens is 447 g/mol. The lowest BCUT2D eigenvalue weighted by Crippen LogP contribution is -2.28. The molecule has 0 aliphatic carbocycles. The van der Waals surface area contributed by atoms with Crippen molar-refractivity contribution in [1.29, 1.82) is 0 Å². The van der Waals surface area contributed by atoms with E-state index in [1.807, 2.05) is 60.5 Å². The molecule has 0 radical (unpaired) electrons. The van der Waals surface area contributed by atoms with Gasteiger partial charge in [0, 0.05) is 31.9 Å². The quantitative estimate of drug-likeness (QED) is 0.426. The standard InChI is InChI=1S/C27H23FN4O3/c1-32(16-18-5-3-2-4-6-18)26-22(15-29-25(31-26)20-8-10-21(28)11-9-20)27(33)30-14-19-7-12-23-24(13-19)35-17-34-23/h2-13,15H,14,16-17H2,1H3,(H,30,33). The van der Waals surface area contributed by atoms with Gasteiger partial charge in [-0.25, -0.2) is 14.4 Å². The number of nitrogens with zero attached hydrogens (tertiary/aromatic N) is 3. The Balaban J connectivity index is 1.41. The second-order valence-electron chi connectivity index (χ2n) is 8.15. The number of hydrogen-bond donors (Lipinski definition) is 1. The van der Waals surface area contributed by atoms with Crippen molar-refractivity contribution in [2.45, 2.75) is 13.1 Å². The summed E-state index contributed by atoms with van der Waals surface area (Å²) < 4.78 is 24.2. The summed E-state index contributed by atoms with van der Waals surface area (Å²) >= 11 is 0. The Morgan fingerprint density at radius 3 is 2.57 bits per heavy atom. The molecule has 0 saturated heterocycles. The number of halogens is 1. The van der Waals surface area contributed by atoms with Crippen LogP contribution in [-0.4, -0.2) is 29.7 Å². The summed E-state index contributed by atoms with van der Waals surface area (Å²) in [5.74, 6) is 1.60. The SMILES string of the molecule is CN(Cc1ccccc1)c1nc(-c2ccc(F)cc2)ncc1C(=O)NCc1ccc2c(c1)OCO2. The van der Waals surface area contributed by atoms with Crippen LogP contribution in [0.1, 0.15) is 21.5 Å². The minimum atomic E-state index is -0.338. The summed E-state index contributed by atoms with van der Waals surface area (Å²) in [6.07, 6.45) is 1.51. The van der Waals surface area contributed by atoms with Gasteiger partial charge in [-0.3, -0.25) is 4.79 Å². The number of aromatic nitrogens is 2. The average Bonchev–Trinajstić information content (AvgIpc) is 3.36. The molecule has 0 saturated carbocycles. The highest BCUT2D eigenvalue weighted by Crippen LogP contribution is 2.32. The summed E-state index contributed by atoms with van der Waals surface area (Å²) in [4.78, 5) is 24.2. The third kappa shape index (κ3) is 5.06. The molecule has 1 aliphatic heterocycles. The van der Waals surface area contributed by atoms with Gasteiger partial charge in [0.05, 0.1) is 0 Å². The number of nitrogens with one attached hydrogen (secondary N) is 1. The molecular formula is C27H23FN4O3. The molecule has 176 valence electrons. The van der Waals surface area contributed by atoms with Crippen LogP contribution in [0, 0.1) is 5.82 Å². The maximum absolute atomic E-state index is 13.4. The minimum Gasteiger partial charge on any atom is -0.454 e. The van der Waals surface area contributed by atoms with E-state index in [1.54, 1.807) is 12.1 Å². The van der Waals surface area contributed by atoms with Crippen LogP contribution >= 0.6 is 0 Å². The van der Waals surface area contributed by atoms with Crippen molar-refractivity contribution in [2.75, 3.05) is 18.7 Å². The molecule has 35 heavy (non-hydrogen) atoms. The van der Waals surface area contributed by atoms with Crippen molar-refractivity contribution in [2.24, 2.45) is 0 Å². The van der Waals surface area contributed by atoms with Gasteiger partial charge >= 0.3 is 0 Å². The fourth-order valence-corrected chi connectivity index (χ4v) is 3.82. The van der Waals surface area contributed by atoms with Gasteiger partial charge in [-0.2, -0.15) is 0 Å². The van der Waals surface area contributed by atoms with Crippen molar-refractivity contribution < 1.29 is 18.7 Å². The van der Waals surface area contributed by atoms with Crippen molar-refractivity contribution in [3.63, 3.8) is 0 Å². The van der Waals surface area contributed by atoms with Crippen LogP contribution in [0.3, 0.4) is 0 Å². The molecule has 1 aromatic heterocycles. The first kappa shape index (κ1) is 22.3. The Labute approximate surface area is 202 Å². The number of carbonyl (C=O) groups is 1. The predicted molar refractivity (Wildman–Crippen MR) is 130 cm³/mol. The fraction of sp³-hybridized carbons (Fsp3) is 0.148. The Morgan fingerprint density at radius 2 is 1.77 bits per heavy atom. The second-order valence-corrected chi connectivity index (χ2v) is 8.15. The molecule has 8 heteroatoms. The lowest BCUT2D eigenvalue weighted by Gasteiger charge is -2.21. The van der Waals surface area contributed by atoms with Crippen molar-refractivity contribution in [1.82, 2.24) is 15.3 Å². The van der Waals surface area contributed by atoms with Crippen LogP contribution < -0.4 is 19.7 Å². The van der Waals surface area contributed by atoms with E-state index in [0.717, 1.165) is 11.1 Å².